The Labute approximate surface area is 156 Å². The van der Waals surface area contributed by atoms with Crippen molar-refractivity contribution in [1.29, 1.82) is 0 Å². The molecular formula is C17H12ClFN4O4. The van der Waals surface area contributed by atoms with Crippen LogP contribution in [0.2, 0.25) is 5.02 Å². The first kappa shape index (κ1) is 18.3. The van der Waals surface area contributed by atoms with E-state index in [4.69, 9.17) is 16.0 Å². The monoisotopic (exact) mass is 390 g/mol. The van der Waals surface area contributed by atoms with Crippen molar-refractivity contribution < 1.29 is 18.4 Å². The average molecular weight is 391 g/mol. The predicted octanol–water partition coefficient (Wildman–Crippen LogP) is 1.76. The molecule has 0 saturated heterocycles. The van der Waals surface area contributed by atoms with Crippen LogP contribution in [0, 0.1) is 5.82 Å². The first-order chi connectivity index (χ1) is 12.9. The summed E-state index contributed by atoms with van der Waals surface area (Å²) in [6.07, 6.45) is 0. The molecule has 2 N–H and O–H groups in total. The highest BCUT2D eigenvalue weighted by Gasteiger charge is 2.14. The minimum atomic E-state index is -0.870. The van der Waals surface area contributed by atoms with Crippen molar-refractivity contribution in [3.63, 3.8) is 0 Å². The van der Waals surface area contributed by atoms with Gasteiger partial charge in [0.1, 0.15) is 12.4 Å². The maximum atomic E-state index is 12.9. The highest BCUT2D eigenvalue weighted by molar-refractivity contribution is 6.30. The summed E-state index contributed by atoms with van der Waals surface area (Å²) in [5, 5.41) is 4.24. The summed E-state index contributed by atoms with van der Waals surface area (Å²) in [6.45, 7) is -0.487. The van der Waals surface area contributed by atoms with E-state index in [9.17, 15) is 18.8 Å². The third kappa shape index (κ3) is 4.59. The van der Waals surface area contributed by atoms with E-state index in [0.717, 1.165) is 4.68 Å². The quantitative estimate of drug-likeness (QED) is 0.660. The van der Waals surface area contributed by atoms with Gasteiger partial charge in [0, 0.05) is 16.1 Å². The molecule has 0 unspecified atom stereocenters. The van der Waals surface area contributed by atoms with Gasteiger partial charge in [-0.15, -0.1) is 5.10 Å². The van der Waals surface area contributed by atoms with Crippen molar-refractivity contribution in [2.75, 3.05) is 0 Å². The predicted molar refractivity (Wildman–Crippen MR) is 93.2 cm³/mol. The van der Waals surface area contributed by atoms with Crippen LogP contribution < -0.4 is 16.6 Å². The normalized spacial score (nSPS) is 10.4. The molecule has 2 aromatic carbocycles. The average Bonchev–Trinajstić information content (AvgIpc) is 3.00. The lowest BCUT2D eigenvalue weighted by Gasteiger charge is -2.07. The van der Waals surface area contributed by atoms with Gasteiger partial charge in [-0.05, 0) is 42.5 Å². The molecule has 10 heteroatoms. The Kier molecular flexibility index (Phi) is 5.32. The number of hydrazine groups is 1. The number of rotatable bonds is 4. The van der Waals surface area contributed by atoms with Crippen molar-refractivity contribution in [3.8, 4) is 11.5 Å². The molecule has 3 rings (SSSR count). The van der Waals surface area contributed by atoms with Gasteiger partial charge >= 0.3 is 5.76 Å². The molecule has 138 valence electrons. The summed E-state index contributed by atoms with van der Waals surface area (Å²) in [5.74, 6) is -2.66. The molecule has 0 aliphatic carbocycles. The van der Waals surface area contributed by atoms with E-state index in [1.807, 2.05) is 0 Å². The van der Waals surface area contributed by atoms with Crippen molar-refractivity contribution >= 4 is 23.4 Å². The van der Waals surface area contributed by atoms with E-state index in [0.29, 0.717) is 10.6 Å². The number of hydrogen-bond acceptors (Lipinski definition) is 5. The van der Waals surface area contributed by atoms with Crippen LogP contribution in [0.1, 0.15) is 10.4 Å². The zero-order valence-corrected chi connectivity index (χ0v) is 14.4. The highest BCUT2D eigenvalue weighted by atomic mass is 35.5. The van der Waals surface area contributed by atoms with Gasteiger partial charge in [0.05, 0.1) is 0 Å². The third-order valence-electron chi connectivity index (χ3n) is 3.39. The Bertz CT molecular complexity index is 1050. The smallest absolute Gasteiger partial charge is 0.388 e. The Hall–Kier alpha value is -3.46. The number of carbonyl (C=O) groups excluding carboxylic acids is 2. The van der Waals surface area contributed by atoms with Crippen LogP contribution in [0.25, 0.3) is 11.5 Å². The van der Waals surface area contributed by atoms with Crippen LogP contribution in [0.5, 0.6) is 0 Å². The van der Waals surface area contributed by atoms with E-state index in [1.165, 1.54) is 36.4 Å². The summed E-state index contributed by atoms with van der Waals surface area (Å²) in [5.41, 5.74) is 4.98. The van der Waals surface area contributed by atoms with E-state index >= 15 is 0 Å². The molecule has 1 heterocycles. The van der Waals surface area contributed by atoms with E-state index in [-0.39, 0.29) is 11.5 Å². The zero-order valence-electron chi connectivity index (χ0n) is 13.6. The second-order valence-electron chi connectivity index (χ2n) is 5.35. The number of nitrogens with one attached hydrogen (secondary N) is 2. The summed E-state index contributed by atoms with van der Waals surface area (Å²) < 4.78 is 18.7. The van der Waals surface area contributed by atoms with Crippen LogP contribution in [0.3, 0.4) is 0 Å². The van der Waals surface area contributed by atoms with Crippen molar-refractivity contribution in [2.24, 2.45) is 0 Å². The minimum Gasteiger partial charge on any atom is -0.388 e. The molecule has 0 atom stereocenters. The molecule has 0 radical (unpaired) electrons. The lowest BCUT2D eigenvalue weighted by Crippen LogP contribution is -2.44. The van der Waals surface area contributed by atoms with Crippen LogP contribution in [-0.2, 0) is 11.3 Å². The third-order valence-corrected chi connectivity index (χ3v) is 3.63. The SMILES string of the molecule is O=C(Cn1nc(-c2ccc(F)cc2)oc1=O)NNC(=O)c1cccc(Cl)c1. The van der Waals surface area contributed by atoms with Crippen LogP contribution in [-0.4, -0.2) is 21.6 Å². The molecule has 0 spiro atoms. The molecule has 0 aliphatic rings. The number of aromatic nitrogens is 2. The molecule has 1 aromatic heterocycles. The van der Waals surface area contributed by atoms with Crippen LogP contribution >= 0.6 is 11.6 Å². The summed E-state index contributed by atoms with van der Waals surface area (Å²) in [4.78, 5) is 35.6. The van der Waals surface area contributed by atoms with Gasteiger partial charge in [-0.2, -0.15) is 4.68 Å². The number of hydrogen-bond donors (Lipinski definition) is 2. The van der Waals surface area contributed by atoms with Crippen LogP contribution in [0.4, 0.5) is 4.39 Å². The molecular weight excluding hydrogens is 379 g/mol. The summed E-state index contributed by atoms with van der Waals surface area (Å²) in [7, 11) is 0. The molecule has 27 heavy (non-hydrogen) atoms. The Morgan fingerprint density at radius 3 is 2.59 bits per heavy atom. The first-order valence-electron chi connectivity index (χ1n) is 7.61. The minimum absolute atomic E-state index is 0.0595. The second-order valence-corrected chi connectivity index (χ2v) is 5.79. The van der Waals surface area contributed by atoms with Gasteiger partial charge in [-0.1, -0.05) is 17.7 Å². The highest BCUT2D eigenvalue weighted by Crippen LogP contribution is 2.15. The number of halogens is 2. The maximum Gasteiger partial charge on any atom is 0.437 e. The van der Waals surface area contributed by atoms with Gasteiger partial charge in [-0.3, -0.25) is 20.4 Å². The lowest BCUT2D eigenvalue weighted by atomic mass is 10.2. The van der Waals surface area contributed by atoms with E-state index in [2.05, 4.69) is 16.0 Å². The lowest BCUT2D eigenvalue weighted by molar-refractivity contribution is -0.122. The van der Waals surface area contributed by atoms with Gasteiger partial charge in [0.15, 0.2) is 0 Å². The van der Waals surface area contributed by atoms with E-state index < -0.39 is 29.9 Å². The standard InChI is InChI=1S/C17H12ClFN4O4/c18-12-3-1-2-11(8-12)15(25)21-20-14(24)9-23-17(26)27-16(22-23)10-4-6-13(19)7-5-10/h1-8H,9H2,(H,20,24)(H,21,25). The molecule has 0 saturated carbocycles. The van der Waals surface area contributed by atoms with Crippen molar-refractivity contribution in [2.45, 2.75) is 6.54 Å². The second kappa shape index (κ2) is 7.83. The van der Waals surface area contributed by atoms with Crippen LogP contribution in [0.15, 0.2) is 57.7 Å². The Morgan fingerprint density at radius 2 is 1.89 bits per heavy atom. The summed E-state index contributed by atoms with van der Waals surface area (Å²) in [6, 6.07) is 11.3. The molecule has 0 aliphatic heterocycles. The number of carbonyl (C=O) groups is 2. The van der Waals surface area contributed by atoms with Gasteiger partial charge in [-0.25, -0.2) is 9.18 Å². The first-order valence-corrected chi connectivity index (χ1v) is 7.99. The van der Waals surface area contributed by atoms with Gasteiger partial charge in [0.25, 0.3) is 11.8 Å². The molecule has 0 bridgehead atoms. The summed E-state index contributed by atoms with van der Waals surface area (Å²) >= 11 is 5.79. The van der Waals surface area contributed by atoms with Gasteiger partial charge in [0.2, 0.25) is 5.89 Å². The molecule has 3 aromatic rings. The fourth-order valence-corrected chi connectivity index (χ4v) is 2.31. The Morgan fingerprint density at radius 1 is 1.15 bits per heavy atom. The van der Waals surface area contributed by atoms with Gasteiger partial charge < -0.3 is 4.42 Å². The topological polar surface area (TPSA) is 106 Å². The number of amides is 2. The number of benzene rings is 2. The zero-order chi connectivity index (χ0) is 19.4. The fourth-order valence-electron chi connectivity index (χ4n) is 2.12. The maximum absolute atomic E-state index is 12.9. The molecule has 8 nitrogen and oxygen atoms in total. The Balaban J connectivity index is 1.62. The molecule has 2 amide bonds. The largest absolute Gasteiger partial charge is 0.437 e. The van der Waals surface area contributed by atoms with E-state index in [1.54, 1.807) is 12.1 Å². The number of nitrogens with zero attached hydrogens (tertiary/aromatic N) is 2. The van der Waals surface area contributed by atoms with Crippen molar-refractivity contribution in [1.82, 2.24) is 20.6 Å². The fraction of sp³-hybridized carbons (Fsp3) is 0.0588. The molecule has 0 fully saturated rings. The van der Waals surface area contributed by atoms with Crippen molar-refractivity contribution in [3.05, 3.63) is 75.5 Å².